The number of ketones is 1. The molecule has 1 fully saturated rings. The van der Waals surface area contributed by atoms with Gasteiger partial charge < -0.3 is 5.11 Å². The van der Waals surface area contributed by atoms with Crippen LogP contribution < -0.4 is 0 Å². The molecule has 2 aromatic carbocycles. The van der Waals surface area contributed by atoms with Gasteiger partial charge in [-0.1, -0.05) is 60.2 Å². The molecule has 1 heterocycles. The van der Waals surface area contributed by atoms with Crippen LogP contribution in [-0.4, -0.2) is 58.9 Å². The van der Waals surface area contributed by atoms with E-state index in [0.29, 0.717) is 18.7 Å². The van der Waals surface area contributed by atoms with Gasteiger partial charge in [0.2, 0.25) is 0 Å². The third kappa shape index (κ3) is 5.25. The van der Waals surface area contributed by atoms with Gasteiger partial charge in [0.15, 0.2) is 5.78 Å². The van der Waals surface area contributed by atoms with E-state index in [0.717, 1.165) is 25.2 Å². The van der Waals surface area contributed by atoms with Crippen LogP contribution >= 0.6 is 0 Å². The van der Waals surface area contributed by atoms with E-state index in [4.69, 9.17) is 0 Å². The predicted molar refractivity (Wildman–Crippen MR) is 105 cm³/mol. The second-order valence-corrected chi connectivity index (χ2v) is 7.15. The summed E-state index contributed by atoms with van der Waals surface area (Å²) >= 11 is 0. The van der Waals surface area contributed by atoms with Gasteiger partial charge in [0.1, 0.15) is 6.04 Å². The number of carboxylic acids is 1. The van der Waals surface area contributed by atoms with Crippen LogP contribution in [-0.2, 0) is 11.3 Å². The highest BCUT2D eigenvalue weighted by atomic mass is 16.4. The fraction of sp³-hybridized carbons (Fsp3) is 0.364. The molecule has 142 valence electrons. The Morgan fingerprint density at radius 1 is 0.963 bits per heavy atom. The molecule has 0 saturated carbocycles. The van der Waals surface area contributed by atoms with E-state index in [-0.39, 0.29) is 12.2 Å². The molecule has 0 spiro atoms. The Morgan fingerprint density at radius 2 is 1.59 bits per heavy atom. The minimum atomic E-state index is -0.924. The summed E-state index contributed by atoms with van der Waals surface area (Å²) < 4.78 is 0. The lowest BCUT2D eigenvalue weighted by Gasteiger charge is -2.37. The van der Waals surface area contributed by atoms with Crippen LogP contribution in [0.2, 0.25) is 0 Å². The summed E-state index contributed by atoms with van der Waals surface area (Å²) in [5, 5.41) is 9.66. The van der Waals surface area contributed by atoms with Crippen LogP contribution in [0.5, 0.6) is 0 Å². The number of nitrogens with zero attached hydrogens (tertiary/aromatic N) is 2. The molecule has 27 heavy (non-hydrogen) atoms. The molecule has 1 aliphatic rings. The smallest absolute Gasteiger partial charge is 0.321 e. The van der Waals surface area contributed by atoms with Gasteiger partial charge in [-0.15, -0.1) is 0 Å². The summed E-state index contributed by atoms with van der Waals surface area (Å²) in [6, 6.07) is 16.8. The van der Waals surface area contributed by atoms with Crippen LogP contribution in [0.4, 0.5) is 0 Å². The number of benzene rings is 2. The zero-order chi connectivity index (χ0) is 19.2. The highest BCUT2D eigenvalue weighted by Gasteiger charge is 2.31. The molecule has 2 aromatic rings. The van der Waals surface area contributed by atoms with Crippen LogP contribution in [0, 0.1) is 6.92 Å². The number of hydrogen-bond acceptors (Lipinski definition) is 4. The standard InChI is InChI=1S/C22H26N2O3/c1-17-7-9-19(10-8-17)21(25)15-20(22(26)27)24-13-11-23(12-14-24)16-18-5-3-2-4-6-18/h2-10,20H,11-16H2,1H3,(H,26,27)/t20-/m1/s1. The van der Waals surface area contributed by atoms with Gasteiger partial charge in [0, 0.05) is 44.7 Å². The number of hydrogen-bond donors (Lipinski definition) is 1. The topological polar surface area (TPSA) is 60.9 Å². The molecule has 1 atom stereocenters. The third-order valence-electron chi connectivity index (χ3n) is 5.13. The van der Waals surface area contributed by atoms with E-state index < -0.39 is 12.0 Å². The lowest BCUT2D eigenvalue weighted by molar-refractivity contribution is -0.144. The van der Waals surface area contributed by atoms with Crippen molar-refractivity contribution >= 4 is 11.8 Å². The zero-order valence-corrected chi connectivity index (χ0v) is 15.7. The Morgan fingerprint density at radius 3 is 2.19 bits per heavy atom. The van der Waals surface area contributed by atoms with E-state index in [2.05, 4.69) is 17.0 Å². The molecule has 0 aromatic heterocycles. The van der Waals surface area contributed by atoms with Crippen molar-refractivity contribution in [3.05, 3.63) is 71.3 Å². The maximum absolute atomic E-state index is 12.5. The van der Waals surface area contributed by atoms with Crippen molar-refractivity contribution in [3.63, 3.8) is 0 Å². The summed E-state index contributed by atoms with van der Waals surface area (Å²) in [7, 11) is 0. The van der Waals surface area contributed by atoms with Gasteiger partial charge >= 0.3 is 5.97 Å². The van der Waals surface area contributed by atoms with Crippen molar-refractivity contribution in [2.24, 2.45) is 0 Å². The summed E-state index contributed by atoms with van der Waals surface area (Å²) in [6.45, 7) is 5.75. The van der Waals surface area contributed by atoms with Crippen LogP contribution in [0.15, 0.2) is 54.6 Å². The van der Waals surface area contributed by atoms with Crippen molar-refractivity contribution in [3.8, 4) is 0 Å². The molecule has 0 amide bonds. The number of carbonyl (C=O) groups excluding carboxylic acids is 1. The second-order valence-electron chi connectivity index (χ2n) is 7.15. The van der Waals surface area contributed by atoms with Crippen molar-refractivity contribution < 1.29 is 14.7 Å². The van der Waals surface area contributed by atoms with Crippen LogP contribution in [0.1, 0.15) is 27.9 Å². The lowest BCUT2D eigenvalue weighted by Crippen LogP contribution is -2.52. The molecule has 0 bridgehead atoms. The Bertz CT molecular complexity index is 766. The Hall–Kier alpha value is -2.50. The minimum Gasteiger partial charge on any atom is -0.480 e. The highest BCUT2D eigenvalue weighted by Crippen LogP contribution is 2.15. The number of carbonyl (C=O) groups is 2. The monoisotopic (exact) mass is 366 g/mol. The zero-order valence-electron chi connectivity index (χ0n) is 15.7. The van der Waals surface area contributed by atoms with E-state index in [9.17, 15) is 14.7 Å². The average Bonchev–Trinajstić information content (AvgIpc) is 2.68. The number of piperazine rings is 1. The molecular weight excluding hydrogens is 340 g/mol. The van der Waals surface area contributed by atoms with E-state index in [1.165, 1.54) is 5.56 Å². The number of Topliss-reactive ketones (excluding diaryl/α,β-unsaturated/α-hetero) is 1. The molecule has 5 nitrogen and oxygen atoms in total. The Kier molecular flexibility index (Phi) is 6.37. The molecular formula is C22H26N2O3. The van der Waals surface area contributed by atoms with Crippen molar-refractivity contribution in [2.45, 2.75) is 25.9 Å². The summed E-state index contributed by atoms with van der Waals surface area (Å²) in [5.74, 6) is -1.04. The predicted octanol–water partition coefficient (Wildman–Crippen LogP) is 2.84. The van der Waals surface area contributed by atoms with E-state index in [1.807, 2.05) is 42.2 Å². The maximum atomic E-state index is 12.5. The Balaban J connectivity index is 1.57. The third-order valence-corrected chi connectivity index (χ3v) is 5.13. The molecule has 3 rings (SSSR count). The van der Waals surface area contributed by atoms with Crippen molar-refractivity contribution in [2.75, 3.05) is 26.2 Å². The van der Waals surface area contributed by atoms with Crippen molar-refractivity contribution in [1.29, 1.82) is 0 Å². The number of carboxylic acid groups (broad SMARTS) is 1. The van der Waals surface area contributed by atoms with E-state index in [1.54, 1.807) is 12.1 Å². The molecule has 0 radical (unpaired) electrons. The number of aliphatic carboxylic acids is 1. The first-order valence-electron chi connectivity index (χ1n) is 9.36. The Labute approximate surface area is 160 Å². The average molecular weight is 366 g/mol. The normalized spacial score (nSPS) is 16.8. The molecule has 5 heteroatoms. The quantitative estimate of drug-likeness (QED) is 0.764. The fourth-order valence-electron chi connectivity index (χ4n) is 3.48. The van der Waals surface area contributed by atoms with Crippen LogP contribution in [0.3, 0.4) is 0 Å². The van der Waals surface area contributed by atoms with Gasteiger partial charge in [-0.05, 0) is 12.5 Å². The second kappa shape index (κ2) is 8.93. The van der Waals surface area contributed by atoms with Gasteiger partial charge in [-0.2, -0.15) is 0 Å². The fourth-order valence-corrected chi connectivity index (χ4v) is 3.48. The van der Waals surface area contributed by atoms with Crippen LogP contribution in [0.25, 0.3) is 0 Å². The molecule has 1 N–H and O–H groups in total. The van der Waals surface area contributed by atoms with Gasteiger partial charge in [-0.3, -0.25) is 19.4 Å². The first kappa shape index (κ1) is 19.3. The van der Waals surface area contributed by atoms with E-state index >= 15 is 0 Å². The summed E-state index contributed by atoms with van der Waals surface area (Å²) in [4.78, 5) is 28.6. The number of rotatable bonds is 7. The number of aryl methyl sites for hydroxylation is 1. The van der Waals surface area contributed by atoms with Crippen molar-refractivity contribution in [1.82, 2.24) is 9.80 Å². The largest absolute Gasteiger partial charge is 0.480 e. The van der Waals surface area contributed by atoms with Gasteiger partial charge in [0.05, 0.1) is 0 Å². The molecule has 0 unspecified atom stereocenters. The minimum absolute atomic E-state index is 0.0110. The molecule has 1 aliphatic heterocycles. The first-order chi connectivity index (χ1) is 13.0. The highest BCUT2D eigenvalue weighted by molar-refractivity contribution is 5.98. The molecule has 1 saturated heterocycles. The first-order valence-corrected chi connectivity index (χ1v) is 9.36. The maximum Gasteiger partial charge on any atom is 0.321 e. The lowest BCUT2D eigenvalue weighted by atomic mass is 10.0. The summed E-state index contributed by atoms with van der Waals surface area (Å²) in [5.41, 5.74) is 2.92. The van der Waals surface area contributed by atoms with Gasteiger partial charge in [0.25, 0.3) is 0 Å². The molecule has 0 aliphatic carbocycles. The summed E-state index contributed by atoms with van der Waals surface area (Å²) in [6.07, 6.45) is 0.0110. The van der Waals surface area contributed by atoms with Gasteiger partial charge in [-0.25, -0.2) is 0 Å². The SMILES string of the molecule is Cc1ccc(C(=O)C[C@H](C(=O)O)N2CCN(Cc3ccccc3)CC2)cc1.